The number of aryl methyl sites for hydroxylation is 1. The van der Waals surface area contributed by atoms with Crippen molar-refractivity contribution in [1.82, 2.24) is 0 Å². The molecule has 0 atom stereocenters. The van der Waals surface area contributed by atoms with E-state index in [9.17, 15) is 9.59 Å². The fourth-order valence-corrected chi connectivity index (χ4v) is 3.20. The van der Waals surface area contributed by atoms with Crippen molar-refractivity contribution in [3.05, 3.63) is 59.4 Å². The molecule has 0 aliphatic carbocycles. The van der Waals surface area contributed by atoms with Gasteiger partial charge in [0.15, 0.2) is 6.61 Å². The first kappa shape index (κ1) is 19.5. The Labute approximate surface area is 163 Å². The van der Waals surface area contributed by atoms with Crippen LogP contribution in [0.1, 0.15) is 36.5 Å². The minimum absolute atomic E-state index is 0.165. The molecule has 0 saturated carbocycles. The fourth-order valence-electron chi connectivity index (χ4n) is 3.20. The van der Waals surface area contributed by atoms with Crippen molar-refractivity contribution >= 4 is 28.5 Å². The van der Waals surface area contributed by atoms with E-state index < -0.39 is 5.91 Å². The third-order valence-electron chi connectivity index (χ3n) is 4.51. The summed E-state index contributed by atoms with van der Waals surface area (Å²) in [5.41, 5.74) is 9.71. The summed E-state index contributed by atoms with van der Waals surface area (Å²) < 4.78 is 10.9. The molecule has 2 amide bonds. The van der Waals surface area contributed by atoms with Gasteiger partial charge in [0, 0.05) is 22.7 Å². The summed E-state index contributed by atoms with van der Waals surface area (Å²) in [5.74, 6) is 0.130. The molecule has 0 radical (unpaired) electrons. The first-order valence-electron chi connectivity index (χ1n) is 9.15. The second kappa shape index (κ2) is 8.17. The van der Waals surface area contributed by atoms with Crippen molar-refractivity contribution in [3.63, 3.8) is 0 Å². The number of amides is 2. The van der Waals surface area contributed by atoms with Crippen molar-refractivity contribution < 1.29 is 18.7 Å². The Morgan fingerprint density at radius 1 is 1.21 bits per heavy atom. The van der Waals surface area contributed by atoms with Crippen molar-refractivity contribution in [1.29, 1.82) is 0 Å². The van der Waals surface area contributed by atoms with E-state index >= 15 is 0 Å². The van der Waals surface area contributed by atoms with Crippen LogP contribution in [0.4, 0.5) is 5.69 Å². The van der Waals surface area contributed by atoms with Crippen LogP contribution in [0.25, 0.3) is 11.0 Å². The van der Waals surface area contributed by atoms with Gasteiger partial charge in [-0.2, -0.15) is 0 Å². The summed E-state index contributed by atoms with van der Waals surface area (Å²) in [7, 11) is 0. The monoisotopic (exact) mass is 380 g/mol. The highest BCUT2D eigenvalue weighted by Gasteiger charge is 2.14. The number of furan rings is 1. The molecular formula is C22H24N2O4. The lowest BCUT2D eigenvalue weighted by atomic mass is 9.95. The van der Waals surface area contributed by atoms with Crippen LogP contribution in [0.3, 0.4) is 0 Å². The minimum Gasteiger partial charge on any atom is -0.484 e. The number of anilines is 1. The van der Waals surface area contributed by atoms with Gasteiger partial charge in [-0.15, -0.1) is 0 Å². The number of benzene rings is 2. The summed E-state index contributed by atoms with van der Waals surface area (Å²) in [6.45, 7) is 6.15. The van der Waals surface area contributed by atoms with Crippen molar-refractivity contribution in [2.75, 3.05) is 11.9 Å². The average molecular weight is 380 g/mol. The molecule has 0 aliphatic heterocycles. The highest BCUT2D eigenvalue weighted by atomic mass is 16.5. The predicted molar refractivity (Wildman–Crippen MR) is 109 cm³/mol. The van der Waals surface area contributed by atoms with E-state index in [0.29, 0.717) is 17.4 Å². The van der Waals surface area contributed by atoms with E-state index in [4.69, 9.17) is 14.9 Å². The maximum absolute atomic E-state index is 12.5. The van der Waals surface area contributed by atoms with E-state index in [2.05, 4.69) is 32.2 Å². The van der Waals surface area contributed by atoms with Gasteiger partial charge in [0.05, 0.1) is 12.7 Å². The largest absolute Gasteiger partial charge is 0.484 e. The zero-order valence-corrected chi connectivity index (χ0v) is 16.2. The number of rotatable bonds is 7. The molecule has 146 valence electrons. The Morgan fingerprint density at radius 2 is 2.00 bits per heavy atom. The Balaban J connectivity index is 1.74. The Morgan fingerprint density at radius 3 is 2.71 bits per heavy atom. The second-order valence-electron chi connectivity index (χ2n) is 7.13. The van der Waals surface area contributed by atoms with Gasteiger partial charge in [0.1, 0.15) is 11.3 Å². The number of nitrogens with two attached hydrogens (primary N) is 1. The molecule has 0 fully saturated rings. The Hall–Kier alpha value is -3.28. The van der Waals surface area contributed by atoms with E-state index in [0.717, 1.165) is 16.5 Å². The van der Waals surface area contributed by atoms with Gasteiger partial charge in [-0.3, -0.25) is 9.59 Å². The van der Waals surface area contributed by atoms with E-state index in [1.54, 1.807) is 30.5 Å². The Kier molecular flexibility index (Phi) is 5.68. The predicted octanol–water partition coefficient (Wildman–Crippen LogP) is 3.91. The molecule has 0 unspecified atom stereocenters. The smallest absolute Gasteiger partial charge is 0.255 e. The normalized spacial score (nSPS) is 11.0. The Bertz CT molecular complexity index is 1020. The lowest BCUT2D eigenvalue weighted by molar-refractivity contribution is -0.120. The van der Waals surface area contributed by atoms with Gasteiger partial charge in [-0.05, 0) is 48.2 Å². The molecule has 3 N–H and O–H groups in total. The highest BCUT2D eigenvalue weighted by Crippen LogP contribution is 2.29. The van der Waals surface area contributed by atoms with Gasteiger partial charge < -0.3 is 20.2 Å². The van der Waals surface area contributed by atoms with E-state index in [1.807, 2.05) is 6.07 Å². The molecule has 1 aromatic heterocycles. The van der Waals surface area contributed by atoms with E-state index in [-0.39, 0.29) is 18.9 Å². The number of ether oxygens (including phenoxy) is 1. The number of nitrogens with one attached hydrogen (secondary N) is 1. The van der Waals surface area contributed by atoms with Crippen molar-refractivity contribution in [2.45, 2.75) is 33.1 Å². The van der Waals surface area contributed by atoms with Crippen LogP contribution in [-0.2, 0) is 16.0 Å². The molecule has 6 heteroatoms. The molecule has 0 bridgehead atoms. The number of carbonyl (C=O) groups is 2. The standard InChI is InChI=1S/C22H24N2O4/c1-13(2)18-10-19-15(11-28-20(19)7-14(18)3)8-22(26)24-16-5-4-6-17(9-16)27-12-21(23)25/h4-7,9-11,13H,8,12H2,1-3H3,(H2,23,25)(H,24,26). The average Bonchev–Trinajstić information content (AvgIpc) is 3.00. The van der Waals surface area contributed by atoms with Crippen LogP contribution in [0, 0.1) is 6.92 Å². The van der Waals surface area contributed by atoms with Crippen LogP contribution in [0.15, 0.2) is 47.1 Å². The topological polar surface area (TPSA) is 94.6 Å². The number of fused-ring (bicyclic) bond motifs is 1. The molecule has 28 heavy (non-hydrogen) atoms. The highest BCUT2D eigenvalue weighted by molar-refractivity contribution is 5.95. The first-order chi connectivity index (χ1) is 13.3. The second-order valence-corrected chi connectivity index (χ2v) is 7.13. The molecule has 3 aromatic rings. The summed E-state index contributed by atoms with van der Waals surface area (Å²) in [6.07, 6.45) is 1.83. The lowest BCUT2D eigenvalue weighted by Crippen LogP contribution is -2.20. The molecule has 0 aliphatic rings. The summed E-state index contributed by atoms with van der Waals surface area (Å²) in [6, 6.07) is 11.0. The fraction of sp³-hybridized carbons (Fsp3) is 0.273. The molecule has 1 heterocycles. The van der Waals surface area contributed by atoms with Gasteiger partial charge in [0.25, 0.3) is 5.91 Å². The number of primary amides is 1. The minimum atomic E-state index is -0.558. The maximum Gasteiger partial charge on any atom is 0.255 e. The molecular weight excluding hydrogens is 356 g/mol. The third-order valence-corrected chi connectivity index (χ3v) is 4.51. The van der Waals surface area contributed by atoms with Crippen LogP contribution in [-0.4, -0.2) is 18.4 Å². The van der Waals surface area contributed by atoms with Crippen LogP contribution in [0.2, 0.25) is 0 Å². The van der Waals surface area contributed by atoms with Gasteiger partial charge in [-0.1, -0.05) is 19.9 Å². The SMILES string of the molecule is Cc1cc2occ(CC(=O)Nc3cccc(OCC(N)=O)c3)c2cc1C(C)C. The van der Waals surface area contributed by atoms with Crippen molar-refractivity contribution in [3.8, 4) is 5.75 Å². The number of carbonyl (C=O) groups excluding carboxylic acids is 2. The van der Waals surface area contributed by atoms with Gasteiger partial charge in [-0.25, -0.2) is 0 Å². The van der Waals surface area contributed by atoms with Gasteiger partial charge >= 0.3 is 0 Å². The van der Waals surface area contributed by atoms with Crippen LogP contribution < -0.4 is 15.8 Å². The molecule has 2 aromatic carbocycles. The maximum atomic E-state index is 12.5. The quantitative estimate of drug-likeness (QED) is 0.650. The van der Waals surface area contributed by atoms with Crippen LogP contribution >= 0.6 is 0 Å². The molecule has 0 saturated heterocycles. The zero-order chi connectivity index (χ0) is 20.3. The van der Waals surface area contributed by atoms with Gasteiger partial charge in [0.2, 0.25) is 5.91 Å². The van der Waals surface area contributed by atoms with Crippen molar-refractivity contribution in [2.24, 2.45) is 5.73 Å². The number of hydrogen-bond donors (Lipinski definition) is 2. The zero-order valence-electron chi connectivity index (χ0n) is 16.2. The molecule has 6 nitrogen and oxygen atoms in total. The summed E-state index contributed by atoms with van der Waals surface area (Å²) in [4.78, 5) is 23.3. The molecule has 0 spiro atoms. The van der Waals surface area contributed by atoms with Crippen LogP contribution in [0.5, 0.6) is 5.75 Å². The first-order valence-corrected chi connectivity index (χ1v) is 9.15. The third kappa shape index (κ3) is 4.52. The summed E-state index contributed by atoms with van der Waals surface area (Å²) in [5, 5.41) is 3.81. The lowest BCUT2D eigenvalue weighted by Gasteiger charge is -2.10. The molecule has 3 rings (SSSR count). The summed E-state index contributed by atoms with van der Waals surface area (Å²) >= 11 is 0. The van der Waals surface area contributed by atoms with E-state index in [1.165, 1.54) is 11.1 Å². The number of hydrogen-bond acceptors (Lipinski definition) is 4.